The molecule has 0 spiro atoms. The first kappa shape index (κ1) is 17.9. The molecular formula is C14H14ClFN2O3S2. The summed E-state index contributed by atoms with van der Waals surface area (Å²) in [4.78, 5) is 12.9. The van der Waals surface area contributed by atoms with E-state index in [-0.39, 0.29) is 28.9 Å². The number of rotatable bonds is 6. The summed E-state index contributed by atoms with van der Waals surface area (Å²) >= 11 is 6.65. The van der Waals surface area contributed by atoms with E-state index >= 15 is 0 Å². The van der Waals surface area contributed by atoms with Crippen LogP contribution in [0.1, 0.15) is 6.92 Å². The number of thiophene rings is 1. The van der Waals surface area contributed by atoms with Crippen molar-refractivity contribution in [3.63, 3.8) is 0 Å². The minimum absolute atomic E-state index is 0.00854. The lowest BCUT2D eigenvalue weighted by Gasteiger charge is -2.21. The van der Waals surface area contributed by atoms with Crippen LogP contribution in [-0.2, 0) is 14.8 Å². The van der Waals surface area contributed by atoms with Gasteiger partial charge in [-0.25, -0.2) is 17.5 Å². The van der Waals surface area contributed by atoms with E-state index in [2.05, 4.69) is 4.72 Å². The van der Waals surface area contributed by atoms with Crippen molar-refractivity contribution in [1.82, 2.24) is 4.72 Å². The fourth-order valence-electron chi connectivity index (χ4n) is 1.92. The summed E-state index contributed by atoms with van der Waals surface area (Å²) in [5.74, 6) is -0.927. The van der Waals surface area contributed by atoms with Gasteiger partial charge in [0, 0.05) is 20.0 Å². The second-order valence-corrected chi connectivity index (χ2v) is 8.29. The summed E-state index contributed by atoms with van der Waals surface area (Å²) in [7, 11) is -3.70. The number of benzene rings is 1. The Morgan fingerprint density at radius 2 is 2.00 bits per heavy atom. The van der Waals surface area contributed by atoms with Gasteiger partial charge in [-0.2, -0.15) is 0 Å². The van der Waals surface area contributed by atoms with E-state index in [4.69, 9.17) is 11.6 Å². The van der Waals surface area contributed by atoms with Gasteiger partial charge < -0.3 is 4.90 Å². The molecule has 1 N–H and O–H groups in total. The molecule has 0 saturated heterocycles. The quantitative estimate of drug-likeness (QED) is 0.843. The fourth-order valence-corrected chi connectivity index (χ4v) is 4.47. The summed E-state index contributed by atoms with van der Waals surface area (Å²) in [5.41, 5.74) is 0.110. The minimum Gasteiger partial charge on any atom is -0.309 e. The maximum absolute atomic E-state index is 13.8. The van der Waals surface area contributed by atoms with Crippen molar-refractivity contribution >= 4 is 44.6 Å². The average Bonchev–Trinajstić information content (AvgIpc) is 2.92. The second kappa shape index (κ2) is 7.39. The van der Waals surface area contributed by atoms with Gasteiger partial charge in [0.15, 0.2) is 0 Å². The van der Waals surface area contributed by atoms with E-state index in [1.165, 1.54) is 42.2 Å². The van der Waals surface area contributed by atoms with E-state index in [1.54, 1.807) is 6.07 Å². The highest BCUT2D eigenvalue weighted by Gasteiger charge is 2.19. The number of amides is 1. The maximum atomic E-state index is 13.8. The van der Waals surface area contributed by atoms with Gasteiger partial charge in [-0.3, -0.25) is 4.79 Å². The molecule has 0 radical (unpaired) electrons. The van der Waals surface area contributed by atoms with Gasteiger partial charge in [0.05, 0.1) is 10.0 Å². The van der Waals surface area contributed by atoms with Crippen LogP contribution in [0.3, 0.4) is 0 Å². The topological polar surface area (TPSA) is 66.5 Å². The van der Waals surface area contributed by atoms with Gasteiger partial charge in [-0.05, 0) is 24.3 Å². The summed E-state index contributed by atoms with van der Waals surface area (Å²) in [5, 5.41) is 0. The third-order valence-electron chi connectivity index (χ3n) is 2.96. The smallest absolute Gasteiger partial charge is 0.250 e. The molecule has 5 nitrogen and oxygen atoms in total. The van der Waals surface area contributed by atoms with Crippen LogP contribution in [-0.4, -0.2) is 27.4 Å². The first-order chi connectivity index (χ1) is 10.8. The van der Waals surface area contributed by atoms with Crippen molar-refractivity contribution in [2.45, 2.75) is 11.1 Å². The Kier molecular flexibility index (Phi) is 5.74. The summed E-state index contributed by atoms with van der Waals surface area (Å²) < 4.78 is 40.7. The Morgan fingerprint density at radius 1 is 1.30 bits per heavy atom. The molecule has 1 amide bonds. The zero-order chi connectivity index (χ0) is 17.0. The van der Waals surface area contributed by atoms with Crippen LogP contribution < -0.4 is 9.62 Å². The Bertz CT molecular complexity index is 808. The number of hydrogen-bond donors (Lipinski definition) is 1. The van der Waals surface area contributed by atoms with Gasteiger partial charge in [0.25, 0.3) is 0 Å². The molecule has 0 fully saturated rings. The number of para-hydroxylation sites is 1. The van der Waals surface area contributed by atoms with Crippen LogP contribution in [0.15, 0.2) is 40.6 Å². The van der Waals surface area contributed by atoms with Crippen molar-refractivity contribution in [3.05, 3.63) is 46.6 Å². The van der Waals surface area contributed by atoms with Gasteiger partial charge in [-0.1, -0.05) is 23.7 Å². The summed E-state index contributed by atoms with van der Waals surface area (Å²) in [6, 6.07) is 8.71. The van der Waals surface area contributed by atoms with Crippen molar-refractivity contribution in [2.24, 2.45) is 0 Å². The lowest BCUT2D eigenvalue weighted by Crippen LogP contribution is -2.37. The molecule has 124 valence electrons. The van der Waals surface area contributed by atoms with Crippen molar-refractivity contribution < 1.29 is 17.6 Å². The van der Waals surface area contributed by atoms with E-state index < -0.39 is 15.8 Å². The Labute approximate surface area is 142 Å². The van der Waals surface area contributed by atoms with E-state index in [0.29, 0.717) is 4.34 Å². The molecule has 1 heterocycles. The molecule has 1 aromatic carbocycles. The fraction of sp³-hybridized carbons (Fsp3) is 0.214. The third-order valence-corrected chi connectivity index (χ3v) is 6.15. The molecule has 0 saturated carbocycles. The molecule has 9 heteroatoms. The molecule has 2 aromatic rings. The molecule has 0 aliphatic rings. The van der Waals surface area contributed by atoms with E-state index in [0.717, 1.165) is 11.3 Å². The van der Waals surface area contributed by atoms with Crippen LogP contribution in [0, 0.1) is 5.82 Å². The lowest BCUT2D eigenvalue weighted by molar-refractivity contribution is -0.116. The summed E-state index contributed by atoms with van der Waals surface area (Å²) in [6.07, 6.45) is 0. The molecule has 0 unspecified atom stereocenters. The predicted octanol–water partition coefficient (Wildman–Crippen LogP) is 2.87. The molecule has 23 heavy (non-hydrogen) atoms. The molecule has 1 aromatic heterocycles. The van der Waals surface area contributed by atoms with Gasteiger partial charge in [-0.15, -0.1) is 11.3 Å². The highest BCUT2D eigenvalue weighted by Crippen LogP contribution is 2.25. The number of carbonyl (C=O) groups is 1. The van der Waals surface area contributed by atoms with Crippen LogP contribution in [0.25, 0.3) is 0 Å². The first-order valence-corrected chi connectivity index (χ1v) is 9.26. The Balaban J connectivity index is 2.06. The summed E-state index contributed by atoms with van der Waals surface area (Å²) in [6.45, 7) is 1.25. The van der Waals surface area contributed by atoms with E-state index in [9.17, 15) is 17.6 Å². The van der Waals surface area contributed by atoms with Crippen LogP contribution in [0.4, 0.5) is 10.1 Å². The molecule has 2 rings (SSSR count). The van der Waals surface area contributed by atoms with Crippen molar-refractivity contribution in [1.29, 1.82) is 0 Å². The van der Waals surface area contributed by atoms with Gasteiger partial charge in [0.1, 0.15) is 10.0 Å². The monoisotopic (exact) mass is 376 g/mol. The average molecular weight is 377 g/mol. The zero-order valence-corrected chi connectivity index (χ0v) is 14.5. The highest BCUT2D eigenvalue weighted by atomic mass is 35.5. The molecule has 0 atom stereocenters. The van der Waals surface area contributed by atoms with Gasteiger partial charge in [0.2, 0.25) is 15.9 Å². The zero-order valence-electron chi connectivity index (χ0n) is 12.1. The normalized spacial score (nSPS) is 11.4. The number of sulfonamides is 1. The largest absolute Gasteiger partial charge is 0.309 e. The van der Waals surface area contributed by atoms with E-state index in [1.807, 2.05) is 0 Å². The van der Waals surface area contributed by atoms with Gasteiger partial charge >= 0.3 is 0 Å². The molecule has 0 bridgehead atoms. The first-order valence-electron chi connectivity index (χ1n) is 6.59. The highest BCUT2D eigenvalue weighted by molar-refractivity contribution is 7.91. The number of nitrogens with zero attached hydrogens (tertiary/aromatic N) is 1. The predicted molar refractivity (Wildman–Crippen MR) is 88.9 cm³/mol. The molecule has 0 aliphatic carbocycles. The lowest BCUT2D eigenvalue weighted by atomic mass is 10.2. The number of carbonyl (C=O) groups excluding carboxylic acids is 1. The third kappa shape index (κ3) is 4.51. The van der Waals surface area contributed by atoms with Crippen molar-refractivity contribution in [2.75, 3.05) is 18.0 Å². The maximum Gasteiger partial charge on any atom is 0.250 e. The number of anilines is 1. The Morgan fingerprint density at radius 3 is 2.57 bits per heavy atom. The number of nitrogens with one attached hydrogen (secondary N) is 1. The van der Waals surface area contributed by atoms with Crippen molar-refractivity contribution in [3.8, 4) is 0 Å². The standard InChI is InChI=1S/C14H14ClFN2O3S2/c1-10(19)18(12-5-3-2-4-11(12)16)9-8-17-23(20,21)14-7-6-13(15)22-14/h2-7,17H,8-9H2,1H3. The minimum atomic E-state index is -3.70. The Hall–Kier alpha value is -1.48. The van der Waals surface area contributed by atoms with Crippen LogP contribution in [0.2, 0.25) is 4.34 Å². The number of hydrogen-bond acceptors (Lipinski definition) is 4. The molecular weight excluding hydrogens is 363 g/mol. The second-order valence-electron chi connectivity index (χ2n) is 4.58. The SMILES string of the molecule is CC(=O)N(CCNS(=O)(=O)c1ccc(Cl)s1)c1ccccc1F. The van der Waals surface area contributed by atoms with Crippen LogP contribution >= 0.6 is 22.9 Å². The van der Waals surface area contributed by atoms with Crippen LogP contribution in [0.5, 0.6) is 0 Å². The number of halogens is 2. The molecule has 0 aliphatic heterocycles.